The monoisotopic (exact) mass is 321 g/mol. The van der Waals surface area contributed by atoms with Crippen molar-refractivity contribution in [3.05, 3.63) is 23.8 Å². The fraction of sp³-hybridized carbons (Fsp3) is 0.611. The third-order valence-electron chi connectivity index (χ3n) is 3.76. The summed E-state index contributed by atoms with van der Waals surface area (Å²) in [4.78, 5) is 11.7. The average molecular weight is 321 g/mol. The van der Waals surface area contributed by atoms with Gasteiger partial charge in [0, 0.05) is 19.6 Å². The highest BCUT2D eigenvalue weighted by molar-refractivity contribution is 5.76. The number of rotatable bonds is 8. The van der Waals surface area contributed by atoms with Crippen molar-refractivity contribution in [2.24, 2.45) is 5.92 Å². The number of carbonyl (C=O) groups excluding carboxylic acids is 1. The van der Waals surface area contributed by atoms with Gasteiger partial charge < -0.3 is 19.5 Å². The van der Waals surface area contributed by atoms with Crippen LogP contribution in [-0.2, 0) is 16.1 Å². The Hall–Kier alpha value is -1.75. The molecule has 1 aliphatic heterocycles. The number of ether oxygens (including phenoxy) is 3. The van der Waals surface area contributed by atoms with Gasteiger partial charge in [0.15, 0.2) is 11.5 Å². The Bertz CT molecular complexity index is 510. The lowest BCUT2D eigenvalue weighted by Gasteiger charge is -2.15. The molecular weight excluding hydrogens is 294 g/mol. The number of nitrogens with one attached hydrogen (secondary N) is 1. The van der Waals surface area contributed by atoms with E-state index in [0.29, 0.717) is 37.0 Å². The molecule has 23 heavy (non-hydrogen) atoms. The summed E-state index contributed by atoms with van der Waals surface area (Å²) in [5, 5.41) is 2.92. The summed E-state index contributed by atoms with van der Waals surface area (Å²) in [5.41, 5.74) is 0.989. The molecule has 0 bridgehead atoms. The van der Waals surface area contributed by atoms with Crippen LogP contribution in [0.25, 0.3) is 0 Å². The molecule has 0 aliphatic carbocycles. The molecule has 0 aromatic heterocycles. The number of methoxy groups -OCH3 is 1. The minimum Gasteiger partial charge on any atom is -0.493 e. The van der Waals surface area contributed by atoms with Crippen molar-refractivity contribution in [3.63, 3.8) is 0 Å². The van der Waals surface area contributed by atoms with Crippen LogP contribution in [0.4, 0.5) is 0 Å². The lowest BCUT2D eigenvalue weighted by atomic mass is 10.1. The van der Waals surface area contributed by atoms with E-state index in [1.54, 1.807) is 7.11 Å². The molecule has 1 N–H and O–H groups in total. The summed E-state index contributed by atoms with van der Waals surface area (Å²) in [6, 6.07) is 5.74. The highest BCUT2D eigenvalue weighted by Gasteiger charge is 2.17. The molecule has 0 radical (unpaired) electrons. The number of benzene rings is 1. The summed E-state index contributed by atoms with van der Waals surface area (Å²) in [6.45, 7) is 5.92. The van der Waals surface area contributed by atoms with Crippen LogP contribution < -0.4 is 14.8 Å². The van der Waals surface area contributed by atoms with Gasteiger partial charge >= 0.3 is 0 Å². The third kappa shape index (κ3) is 5.75. The van der Waals surface area contributed by atoms with E-state index in [-0.39, 0.29) is 12.0 Å². The summed E-state index contributed by atoms with van der Waals surface area (Å²) in [5.74, 6) is 1.81. The standard InChI is InChI=1S/C18H27NO4/c1-13(2)9-18(20)19-11-14-6-7-16(17(10-14)21-3)23-12-15-5-4-8-22-15/h6-7,10,13,15H,4-5,8-9,11-12H2,1-3H3,(H,19,20). The van der Waals surface area contributed by atoms with Crippen molar-refractivity contribution in [1.29, 1.82) is 0 Å². The maximum absolute atomic E-state index is 11.7. The molecule has 1 fully saturated rings. The van der Waals surface area contributed by atoms with Crippen molar-refractivity contribution in [1.82, 2.24) is 5.32 Å². The van der Waals surface area contributed by atoms with E-state index < -0.39 is 0 Å². The molecule has 0 spiro atoms. The minimum absolute atomic E-state index is 0.0673. The molecule has 1 saturated heterocycles. The van der Waals surface area contributed by atoms with E-state index in [2.05, 4.69) is 5.32 Å². The highest BCUT2D eigenvalue weighted by atomic mass is 16.5. The molecular formula is C18H27NO4. The van der Waals surface area contributed by atoms with Crippen molar-refractivity contribution >= 4 is 5.91 Å². The van der Waals surface area contributed by atoms with E-state index >= 15 is 0 Å². The summed E-state index contributed by atoms with van der Waals surface area (Å²) in [7, 11) is 1.62. The first-order chi connectivity index (χ1) is 11.1. The Kier molecular flexibility index (Phi) is 6.71. The van der Waals surface area contributed by atoms with Crippen LogP contribution in [0.3, 0.4) is 0 Å². The molecule has 1 aromatic carbocycles. The summed E-state index contributed by atoms with van der Waals surface area (Å²) < 4.78 is 16.8. The van der Waals surface area contributed by atoms with Crippen LogP contribution in [0.15, 0.2) is 18.2 Å². The van der Waals surface area contributed by atoms with E-state index in [1.165, 1.54) is 0 Å². The van der Waals surface area contributed by atoms with E-state index in [9.17, 15) is 4.79 Å². The average Bonchev–Trinajstić information content (AvgIpc) is 3.04. The molecule has 2 rings (SSSR count). The van der Waals surface area contributed by atoms with Crippen LogP contribution in [0.1, 0.15) is 38.7 Å². The molecule has 0 saturated carbocycles. The molecule has 1 aliphatic rings. The van der Waals surface area contributed by atoms with E-state index in [1.807, 2.05) is 32.0 Å². The normalized spacial score (nSPS) is 17.3. The number of hydrogen-bond donors (Lipinski definition) is 1. The quantitative estimate of drug-likeness (QED) is 0.800. The third-order valence-corrected chi connectivity index (χ3v) is 3.76. The van der Waals surface area contributed by atoms with Gasteiger partial charge in [-0.15, -0.1) is 0 Å². The van der Waals surface area contributed by atoms with Crippen molar-refractivity contribution in [2.45, 2.75) is 45.8 Å². The molecule has 5 heteroatoms. The van der Waals surface area contributed by atoms with Gasteiger partial charge in [0.1, 0.15) is 6.61 Å². The Labute approximate surface area is 138 Å². The zero-order chi connectivity index (χ0) is 16.7. The zero-order valence-corrected chi connectivity index (χ0v) is 14.3. The van der Waals surface area contributed by atoms with Gasteiger partial charge in [-0.05, 0) is 36.5 Å². The van der Waals surface area contributed by atoms with Crippen LogP contribution in [-0.4, -0.2) is 32.3 Å². The van der Waals surface area contributed by atoms with Gasteiger partial charge in [-0.3, -0.25) is 4.79 Å². The number of carbonyl (C=O) groups is 1. The van der Waals surface area contributed by atoms with Gasteiger partial charge in [0.2, 0.25) is 5.91 Å². The molecule has 1 amide bonds. The lowest BCUT2D eigenvalue weighted by Crippen LogP contribution is -2.23. The van der Waals surface area contributed by atoms with Gasteiger partial charge in [-0.2, -0.15) is 0 Å². The van der Waals surface area contributed by atoms with Gasteiger partial charge in [0.05, 0.1) is 13.2 Å². The Morgan fingerprint density at radius 3 is 2.87 bits per heavy atom. The lowest BCUT2D eigenvalue weighted by molar-refractivity contribution is -0.121. The van der Waals surface area contributed by atoms with Gasteiger partial charge in [0.25, 0.3) is 0 Å². The molecule has 1 unspecified atom stereocenters. The van der Waals surface area contributed by atoms with Crippen LogP contribution in [0.5, 0.6) is 11.5 Å². The maximum Gasteiger partial charge on any atom is 0.220 e. The molecule has 128 valence electrons. The SMILES string of the molecule is COc1cc(CNC(=O)CC(C)C)ccc1OCC1CCCO1. The van der Waals surface area contributed by atoms with Crippen molar-refractivity contribution in [2.75, 3.05) is 20.3 Å². The van der Waals surface area contributed by atoms with Gasteiger partial charge in [-0.1, -0.05) is 19.9 Å². The van der Waals surface area contributed by atoms with E-state index in [0.717, 1.165) is 25.0 Å². The predicted molar refractivity (Wildman–Crippen MR) is 88.8 cm³/mol. The first-order valence-electron chi connectivity index (χ1n) is 8.26. The maximum atomic E-state index is 11.7. The minimum atomic E-state index is 0.0673. The highest BCUT2D eigenvalue weighted by Crippen LogP contribution is 2.29. The van der Waals surface area contributed by atoms with Crippen LogP contribution >= 0.6 is 0 Å². The Morgan fingerprint density at radius 1 is 1.39 bits per heavy atom. The fourth-order valence-corrected chi connectivity index (χ4v) is 2.54. The second-order valence-electron chi connectivity index (χ2n) is 6.31. The topological polar surface area (TPSA) is 56.8 Å². The second-order valence-corrected chi connectivity index (χ2v) is 6.31. The number of hydrogen-bond acceptors (Lipinski definition) is 4. The predicted octanol–water partition coefficient (Wildman–Crippen LogP) is 2.92. The van der Waals surface area contributed by atoms with Crippen LogP contribution in [0, 0.1) is 5.92 Å². The van der Waals surface area contributed by atoms with Crippen molar-refractivity contribution in [3.8, 4) is 11.5 Å². The van der Waals surface area contributed by atoms with Crippen molar-refractivity contribution < 1.29 is 19.0 Å². The largest absolute Gasteiger partial charge is 0.493 e. The molecule has 1 heterocycles. The summed E-state index contributed by atoms with van der Waals surface area (Å²) in [6.07, 6.45) is 2.86. The number of amides is 1. The zero-order valence-electron chi connectivity index (χ0n) is 14.3. The Morgan fingerprint density at radius 2 is 2.22 bits per heavy atom. The van der Waals surface area contributed by atoms with E-state index in [4.69, 9.17) is 14.2 Å². The molecule has 1 atom stereocenters. The smallest absolute Gasteiger partial charge is 0.220 e. The second kappa shape index (κ2) is 8.77. The first-order valence-corrected chi connectivity index (χ1v) is 8.26. The molecule has 5 nitrogen and oxygen atoms in total. The summed E-state index contributed by atoms with van der Waals surface area (Å²) >= 11 is 0. The van der Waals surface area contributed by atoms with Crippen LogP contribution in [0.2, 0.25) is 0 Å². The first kappa shape index (κ1) is 17.6. The molecule has 1 aromatic rings. The fourth-order valence-electron chi connectivity index (χ4n) is 2.54. The van der Waals surface area contributed by atoms with Gasteiger partial charge in [-0.25, -0.2) is 0 Å². The Balaban J connectivity index is 1.88.